The third-order valence-corrected chi connectivity index (χ3v) is 5.71. The average Bonchev–Trinajstić information content (AvgIpc) is 2.85. The van der Waals surface area contributed by atoms with Crippen molar-refractivity contribution in [3.05, 3.63) is 94.0 Å². The van der Waals surface area contributed by atoms with Gasteiger partial charge < -0.3 is 20.1 Å². The van der Waals surface area contributed by atoms with Crippen molar-refractivity contribution in [2.75, 3.05) is 32.2 Å². The van der Waals surface area contributed by atoms with Crippen LogP contribution in [0.2, 0.25) is 0 Å². The molecule has 0 saturated carbocycles. The van der Waals surface area contributed by atoms with Gasteiger partial charge in [0, 0.05) is 36.9 Å². The van der Waals surface area contributed by atoms with Crippen molar-refractivity contribution in [3.63, 3.8) is 0 Å². The Hall–Kier alpha value is -3.27. The monoisotopic (exact) mass is 555 g/mol. The fourth-order valence-corrected chi connectivity index (χ4v) is 3.83. The highest BCUT2D eigenvalue weighted by Crippen LogP contribution is 2.26. The molecule has 0 aliphatic heterocycles. The molecule has 3 N–H and O–H groups in total. The maximum Gasteiger partial charge on any atom is 0.257 e. The van der Waals surface area contributed by atoms with Gasteiger partial charge in [-0.05, 0) is 70.1 Å². The molecule has 0 saturated heterocycles. The standard InChI is InChI=1S/C26H26BrN3O4S/c1-33-15-13-28-24(31)19-8-5-9-21(16-19)29-26(35)30-25(32)20-10-11-23(22(27)17-20)34-14-12-18-6-3-2-4-7-18/h2-11,16-17H,12-15H2,1H3,(H,28,31)(H2,29,30,32,35). The number of methoxy groups -OCH3 is 1. The minimum absolute atomic E-state index is 0.117. The summed E-state index contributed by atoms with van der Waals surface area (Å²) in [5.74, 6) is 0.0582. The summed E-state index contributed by atoms with van der Waals surface area (Å²) < 4.78 is 11.4. The summed E-state index contributed by atoms with van der Waals surface area (Å²) in [6, 6.07) is 22.0. The van der Waals surface area contributed by atoms with E-state index in [1.54, 1.807) is 49.6 Å². The van der Waals surface area contributed by atoms with Crippen LogP contribution in [0, 0.1) is 0 Å². The number of anilines is 1. The molecule has 0 fully saturated rings. The molecular formula is C26H26BrN3O4S. The molecule has 0 spiro atoms. The van der Waals surface area contributed by atoms with E-state index in [1.807, 2.05) is 18.2 Å². The number of hydrogen-bond donors (Lipinski definition) is 3. The topological polar surface area (TPSA) is 88.7 Å². The lowest BCUT2D eigenvalue weighted by Crippen LogP contribution is -2.34. The zero-order valence-corrected chi connectivity index (χ0v) is 21.6. The number of hydrogen-bond acceptors (Lipinski definition) is 5. The molecule has 3 rings (SSSR count). The molecule has 0 unspecified atom stereocenters. The molecule has 3 aromatic carbocycles. The molecule has 0 aromatic heterocycles. The molecule has 9 heteroatoms. The summed E-state index contributed by atoms with van der Waals surface area (Å²) >= 11 is 8.74. The molecule has 0 heterocycles. The second-order valence-electron chi connectivity index (χ2n) is 7.47. The highest BCUT2D eigenvalue weighted by Gasteiger charge is 2.12. The quantitative estimate of drug-likeness (QED) is 0.251. The number of amides is 2. The van der Waals surface area contributed by atoms with Crippen molar-refractivity contribution >= 4 is 50.8 Å². The van der Waals surface area contributed by atoms with Gasteiger partial charge in [-0.1, -0.05) is 36.4 Å². The summed E-state index contributed by atoms with van der Waals surface area (Å²) in [4.78, 5) is 24.9. The van der Waals surface area contributed by atoms with E-state index in [-0.39, 0.29) is 16.9 Å². The van der Waals surface area contributed by atoms with Crippen LogP contribution in [0.3, 0.4) is 0 Å². The Morgan fingerprint density at radius 2 is 1.69 bits per heavy atom. The number of ether oxygens (including phenoxy) is 2. The van der Waals surface area contributed by atoms with Crippen LogP contribution in [0.1, 0.15) is 26.3 Å². The maximum atomic E-state index is 12.7. The lowest BCUT2D eigenvalue weighted by Gasteiger charge is -2.12. The van der Waals surface area contributed by atoms with Gasteiger partial charge >= 0.3 is 0 Å². The predicted octanol–water partition coefficient (Wildman–Crippen LogP) is 4.57. The number of rotatable bonds is 10. The second kappa shape index (κ2) is 13.6. The van der Waals surface area contributed by atoms with Crippen molar-refractivity contribution in [2.24, 2.45) is 0 Å². The van der Waals surface area contributed by atoms with E-state index in [0.717, 1.165) is 6.42 Å². The normalized spacial score (nSPS) is 10.3. The van der Waals surface area contributed by atoms with Crippen molar-refractivity contribution < 1.29 is 19.1 Å². The fraction of sp³-hybridized carbons (Fsp3) is 0.192. The molecule has 0 atom stereocenters. The minimum Gasteiger partial charge on any atom is -0.492 e. The van der Waals surface area contributed by atoms with E-state index in [9.17, 15) is 9.59 Å². The van der Waals surface area contributed by atoms with Crippen molar-refractivity contribution in [3.8, 4) is 5.75 Å². The third-order valence-electron chi connectivity index (χ3n) is 4.89. The van der Waals surface area contributed by atoms with E-state index in [1.165, 1.54) is 5.56 Å². The highest BCUT2D eigenvalue weighted by atomic mass is 79.9. The summed E-state index contributed by atoms with van der Waals surface area (Å²) in [6.45, 7) is 1.36. The van der Waals surface area contributed by atoms with Gasteiger partial charge in [0.2, 0.25) is 0 Å². The van der Waals surface area contributed by atoms with E-state index < -0.39 is 0 Å². The van der Waals surface area contributed by atoms with Gasteiger partial charge in [-0.3, -0.25) is 14.9 Å². The largest absolute Gasteiger partial charge is 0.492 e. The summed E-state index contributed by atoms with van der Waals surface area (Å²) in [5, 5.41) is 8.46. The zero-order chi connectivity index (χ0) is 25.0. The number of nitrogens with one attached hydrogen (secondary N) is 3. The van der Waals surface area contributed by atoms with Crippen LogP contribution in [-0.4, -0.2) is 43.8 Å². The summed E-state index contributed by atoms with van der Waals surface area (Å²) in [6.07, 6.45) is 0.783. The smallest absolute Gasteiger partial charge is 0.257 e. The van der Waals surface area contributed by atoms with Crippen LogP contribution in [0.15, 0.2) is 77.3 Å². The Kier molecular flexibility index (Phi) is 10.2. The number of halogens is 1. The summed E-state index contributed by atoms with van der Waals surface area (Å²) in [5.41, 5.74) is 2.66. The number of carbonyl (C=O) groups excluding carboxylic acids is 2. The van der Waals surface area contributed by atoms with Gasteiger partial charge in [0.1, 0.15) is 5.75 Å². The Labute approximate surface area is 218 Å². The average molecular weight is 556 g/mol. The molecule has 0 radical (unpaired) electrons. The Morgan fingerprint density at radius 3 is 2.43 bits per heavy atom. The number of thiocarbonyl (C=S) groups is 1. The Morgan fingerprint density at radius 1 is 0.914 bits per heavy atom. The number of benzene rings is 3. The van der Waals surface area contributed by atoms with Crippen LogP contribution in [-0.2, 0) is 11.2 Å². The third kappa shape index (κ3) is 8.47. The van der Waals surface area contributed by atoms with Crippen molar-refractivity contribution in [2.45, 2.75) is 6.42 Å². The second-order valence-corrected chi connectivity index (χ2v) is 8.73. The lowest BCUT2D eigenvalue weighted by molar-refractivity contribution is 0.0935. The van der Waals surface area contributed by atoms with E-state index >= 15 is 0 Å². The Bertz CT molecular complexity index is 1170. The molecule has 2 amide bonds. The van der Waals surface area contributed by atoms with Crippen molar-refractivity contribution in [1.82, 2.24) is 10.6 Å². The molecule has 0 aliphatic carbocycles. The highest BCUT2D eigenvalue weighted by molar-refractivity contribution is 9.10. The van der Waals surface area contributed by atoms with Gasteiger partial charge in [-0.25, -0.2) is 0 Å². The van der Waals surface area contributed by atoms with Gasteiger partial charge in [0.25, 0.3) is 11.8 Å². The van der Waals surface area contributed by atoms with E-state index in [2.05, 4.69) is 44.0 Å². The molecular weight excluding hydrogens is 530 g/mol. The van der Waals surface area contributed by atoms with Gasteiger partial charge in [-0.15, -0.1) is 0 Å². The van der Waals surface area contributed by atoms with Gasteiger partial charge in [0.05, 0.1) is 17.7 Å². The first-order chi connectivity index (χ1) is 17.0. The summed E-state index contributed by atoms with van der Waals surface area (Å²) in [7, 11) is 1.57. The van der Waals surface area contributed by atoms with Crippen LogP contribution in [0.4, 0.5) is 5.69 Å². The molecule has 0 aliphatic rings. The molecule has 35 heavy (non-hydrogen) atoms. The first-order valence-corrected chi connectivity index (χ1v) is 12.1. The van der Waals surface area contributed by atoms with Gasteiger partial charge in [0.15, 0.2) is 5.11 Å². The van der Waals surface area contributed by atoms with Gasteiger partial charge in [-0.2, -0.15) is 0 Å². The van der Waals surface area contributed by atoms with Crippen molar-refractivity contribution in [1.29, 1.82) is 0 Å². The molecule has 182 valence electrons. The minimum atomic E-state index is -0.368. The SMILES string of the molecule is COCCNC(=O)c1cccc(NC(=S)NC(=O)c2ccc(OCCc3ccccc3)c(Br)c2)c1. The zero-order valence-electron chi connectivity index (χ0n) is 19.2. The molecule has 7 nitrogen and oxygen atoms in total. The predicted molar refractivity (Wildman–Crippen MR) is 144 cm³/mol. The van der Waals surface area contributed by atoms with E-state index in [4.69, 9.17) is 21.7 Å². The number of carbonyl (C=O) groups is 2. The Balaban J connectivity index is 1.52. The molecule has 3 aromatic rings. The first kappa shape index (κ1) is 26.3. The fourth-order valence-electron chi connectivity index (χ4n) is 3.13. The molecule has 0 bridgehead atoms. The van der Waals surface area contributed by atoms with Crippen LogP contribution in [0.25, 0.3) is 0 Å². The maximum absolute atomic E-state index is 12.7. The van der Waals surface area contributed by atoms with Crippen LogP contribution >= 0.6 is 28.1 Å². The van der Waals surface area contributed by atoms with Crippen LogP contribution in [0.5, 0.6) is 5.75 Å². The lowest BCUT2D eigenvalue weighted by atomic mass is 10.2. The van der Waals surface area contributed by atoms with Crippen LogP contribution < -0.4 is 20.7 Å². The van der Waals surface area contributed by atoms with E-state index in [0.29, 0.717) is 46.8 Å². The first-order valence-electron chi connectivity index (χ1n) is 10.9.